The molecule has 0 heterocycles. The molecule has 36 heavy (non-hydrogen) atoms. The van der Waals surface area contributed by atoms with Crippen molar-refractivity contribution in [1.82, 2.24) is 10.2 Å². The lowest BCUT2D eigenvalue weighted by Gasteiger charge is -2.30. The first kappa shape index (κ1) is 29.2. The molecule has 2 atom stereocenters. The Labute approximate surface area is 215 Å². The molecule has 0 aliphatic carbocycles. The topological polar surface area (TPSA) is 96.0 Å². The summed E-state index contributed by atoms with van der Waals surface area (Å²) >= 11 is 0. The number of benzene rings is 2. The van der Waals surface area contributed by atoms with Crippen molar-refractivity contribution >= 4 is 27.5 Å². The highest BCUT2D eigenvalue weighted by molar-refractivity contribution is 7.92. The van der Waals surface area contributed by atoms with Gasteiger partial charge in [-0.2, -0.15) is 0 Å². The van der Waals surface area contributed by atoms with Gasteiger partial charge in [-0.3, -0.25) is 13.9 Å². The molecule has 1 N–H and O–H groups in total. The minimum Gasteiger partial charge on any atom is -0.497 e. The zero-order valence-corrected chi connectivity index (χ0v) is 23.0. The van der Waals surface area contributed by atoms with Crippen LogP contribution in [0.3, 0.4) is 0 Å². The van der Waals surface area contributed by atoms with Gasteiger partial charge in [0, 0.05) is 25.6 Å². The number of amides is 2. The lowest BCUT2D eigenvalue weighted by molar-refractivity contribution is -0.140. The van der Waals surface area contributed by atoms with Crippen molar-refractivity contribution in [3.05, 3.63) is 59.7 Å². The highest BCUT2D eigenvalue weighted by Crippen LogP contribution is 2.21. The van der Waals surface area contributed by atoms with E-state index in [0.717, 1.165) is 23.8 Å². The van der Waals surface area contributed by atoms with Gasteiger partial charge in [0.1, 0.15) is 11.8 Å². The van der Waals surface area contributed by atoms with E-state index < -0.39 is 16.1 Å². The third-order valence-electron chi connectivity index (χ3n) is 6.10. The van der Waals surface area contributed by atoms with Crippen molar-refractivity contribution in [2.75, 3.05) is 24.2 Å². The summed E-state index contributed by atoms with van der Waals surface area (Å²) in [6, 6.07) is 13.9. The number of carbonyl (C=O) groups is 2. The highest BCUT2D eigenvalue weighted by atomic mass is 32.2. The van der Waals surface area contributed by atoms with Crippen molar-refractivity contribution in [3.63, 3.8) is 0 Å². The quantitative estimate of drug-likeness (QED) is 0.435. The lowest BCUT2D eigenvalue weighted by atomic mass is 10.1. The largest absolute Gasteiger partial charge is 0.497 e. The van der Waals surface area contributed by atoms with Crippen LogP contribution in [0.25, 0.3) is 0 Å². The van der Waals surface area contributed by atoms with Gasteiger partial charge in [0.05, 0.1) is 19.1 Å². The number of carbonyl (C=O) groups excluding carboxylic acids is 2. The van der Waals surface area contributed by atoms with Crippen molar-refractivity contribution < 1.29 is 22.7 Å². The van der Waals surface area contributed by atoms with E-state index in [1.54, 1.807) is 37.1 Å². The van der Waals surface area contributed by atoms with Crippen molar-refractivity contribution in [3.8, 4) is 5.75 Å². The SMILES string of the molecule is CCC(C)NC(=O)C(C)N(Cc1cccc(OC)c1)C(=O)CCCN(c1cccc(C)c1)S(C)(=O)=O. The summed E-state index contributed by atoms with van der Waals surface area (Å²) in [7, 11) is -1.95. The van der Waals surface area contributed by atoms with Crippen LogP contribution >= 0.6 is 0 Å². The van der Waals surface area contributed by atoms with E-state index in [9.17, 15) is 18.0 Å². The van der Waals surface area contributed by atoms with Gasteiger partial charge in [0.2, 0.25) is 21.8 Å². The number of methoxy groups -OCH3 is 1. The van der Waals surface area contributed by atoms with Gasteiger partial charge in [0.15, 0.2) is 0 Å². The molecule has 2 rings (SSSR count). The lowest BCUT2D eigenvalue weighted by Crippen LogP contribution is -2.49. The number of ether oxygens (including phenoxy) is 1. The summed E-state index contributed by atoms with van der Waals surface area (Å²) < 4.78 is 31.5. The molecule has 9 heteroatoms. The van der Waals surface area contributed by atoms with E-state index >= 15 is 0 Å². The second kappa shape index (κ2) is 13.3. The van der Waals surface area contributed by atoms with E-state index in [2.05, 4.69) is 5.32 Å². The summed E-state index contributed by atoms with van der Waals surface area (Å²) in [5.41, 5.74) is 2.35. The number of sulfonamides is 1. The number of nitrogens with zero attached hydrogens (tertiary/aromatic N) is 2. The van der Waals surface area contributed by atoms with Crippen LogP contribution in [0.5, 0.6) is 5.75 Å². The summed E-state index contributed by atoms with van der Waals surface area (Å²) in [4.78, 5) is 27.8. The number of hydrogen-bond donors (Lipinski definition) is 1. The first-order valence-corrected chi connectivity index (χ1v) is 14.1. The Kier molecular flexibility index (Phi) is 10.8. The average Bonchev–Trinajstić information content (AvgIpc) is 2.83. The molecule has 0 spiro atoms. The third-order valence-corrected chi connectivity index (χ3v) is 7.29. The predicted octanol–water partition coefficient (Wildman–Crippen LogP) is 3.88. The van der Waals surface area contributed by atoms with Gasteiger partial charge in [-0.15, -0.1) is 0 Å². The molecule has 0 aromatic heterocycles. The van der Waals surface area contributed by atoms with E-state index in [4.69, 9.17) is 4.74 Å². The smallest absolute Gasteiger partial charge is 0.242 e. The van der Waals surface area contributed by atoms with Gasteiger partial charge in [-0.25, -0.2) is 8.42 Å². The number of rotatable bonds is 13. The Morgan fingerprint density at radius 2 is 1.78 bits per heavy atom. The Morgan fingerprint density at radius 3 is 2.39 bits per heavy atom. The molecule has 0 saturated heterocycles. The first-order chi connectivity index (χ1) is 17.0. The second-order valence-electron chi connectivity index (χ2n) is 9.14. The molecular formula is C27H39N3O5S. The summed E-state index contributed by atoms with van der Waals surface area (Å²) in [6.45, 7) is 7.91. The minimum atomic E-state index is -3.52. The third kappa shape index (κ3) is 8.55. The summed E-state index contributed by atoms with van der Waals surface area (Å²) in [5.74, 6) is 0.221. The molecule has 0 radical (unpaired) electrons. The van der Waals surface area contributed by atoms with Gasteiger partial charge < -0.3 is 15.0 Å². The van der Waals surface area contributed by atoms with Crippen molar-refractivity contribution in [1.29, 1.82) is 0 Å². The molecule has 2 amide bonds. The van der Waals surface area contributed by atoms with Crippen LogP contribution in [-0.4, -0.2) is 57.1 Å². The molecule has 2 aromatic rings. The Bertz CT molecular complexity index is 1140. The van der Waals surface area contributed by atoms with Crippen LogP contribution in [-0.2, 0) is 26.2 Å². The van der Waals surface area contributed by atoms with Crippen LogP contribution in [0, 0.1) is 6.92 Å². The summed E-state index contributed by atoms with van der Waals surface area (Å²) in [6.07, 6.45) is 2.35. The average molecular weight is 518 g/mol. The normalized spacial score (nSPS) is 12.9. The molecule has 8 nitrogen and oxygen atoms in total. The van der Waals surface area contributed by atoms with Crippen molar-refractivity contribution in [2.45, 2.75) is 65.6 Å². The number of aryl methyl sites for hydroxylation is 1. The van der Waals surface area contributed by atoms with E-state index in [1.165, 1.54) is 4.31 Å². The molecule has 0 aliphatic rings. The fourth-order valence-corrected chi connectivity index (χ4v) is 4.76. The Balaban J connectivity index is 2.19. The van der Waals surface area contributed by atoms with Crippen LogP contribution < -0.4 is 14.4 Å². The molecule has 0 saturated carbocycles. The predicted molar refractivity (Wildman–Crippen MR) is 144 cm³/mol. The van der Waals surface area contributed by atoms with Crippen LogP contribution in [0.2, 0.25) is 0 Å². The fourth-order valence-electron chi connectivity index (χ4n) is 3.80. The van der Waals surface area contributed by atoms with E-state index in [-0.39, 0.29) is 37.4 Å². The number of nitrogens with one attached hydrogen (secondary N) is 1. The monoisotopic (exact) mass is 517 g/mol. The Morgan fingerprint density at radius 1 is 1.08 bits per heavy atom. The molecule has 0 aliphatic heterocycles. The van der Waals surface area contributed by atoms with Gasteiger partial charge >= 0.3 is 0 Å². The van der Waals surface area contributed by atoms with Crippen LogP contribution in [0.4, 0.5) is 5.69 Å². The number of anilines is 1. The standard InChI is InChI=1S/C27H39N3O5S/c1-7-21(3)28-27(32)22(4)29(19-23-12-9-14-25(18-23)35-5)26(31)15-10-16-30(36(6,33)34)24-13-8-11-20(2)17-24/h8-9,11-14,17-18,21-22H,7,10,15-16,19H2,1-6H3,(H,28,32). The molecule has 198 valence electrons. The second-order valence-corrected chi connectivity index (χ2v) is 11.1. The van der Waals surface area contributed by atoms with Crippen molar-refractivity contribution in [2.24, 2.45) is 0 Å². The summed E-state index contributed by atoms with van der Waals surface area (Å²) in [5, 5.41) is 2.95. The molecule has 0 bridgehead atoms. The zero-order chi connectivity index (χ0) is 26.9. The molecule has 2 unspecified atom stereocenters. The van der Waals surface area contributed by atoms with Gasteiger partial charge in [-0.05, 0) is 69.0 Å². The van der Waals surface area contributed by atoms with E-state index in [1.807, 2.05) is 51.1 Å². The van der Waals surface area contributed by atoms with Gasteiger partial charge in [0.25, 0.3) is 0 Å². The van der Waals surface area contributed by atoms with Crippen LogP contribution in [0.15, 0.2) is 48.5 Å². The number of hydrogen-bond acceptors (Lipinski definition) is 5. The Hall–Kier alpha value is -3.07. The molecule has 0 fully saturated rings. The maximum absolute atomic E-state index is 13.4. The molecule has 2 aromatic carbocycles. The maximum atomic E-state index is 13.4. The van der Waals surface area contributed by atoms with E-state index in [0.29, 0.717) is 17.9 Å². The highest BCUT2D eigenvalue weighted by Gasteiger charge is 2.27. The fraction of sp³-hybridized carbons (Fsp3) is 0.481. The molecular weight excluding hydrogens is 478 g/mol. The van der Waals surface area contributed by atoms with Gasteiger partial charge in [-0.1, -0.05) is 31.2 Å². The first-order valence-electron chi connectivity index (χ1n) is 12.2. The maximum Gasteiger partial charge on any atom is 0.242 e. The zero-order valence-electron chi connectivity index (χ0n) is 22.2. The minimum absolute atomic E-state index is 0.00799. The van der Waals surface area contributed by atoms with Crippen LogP contribution in [0.1, 0.15) is 51.2 Å².